The molecule has 0 fully saturated rings. The van der Waals surface area contributed by atoms with Gasteiger partial charge in [0, 0.05) is 35.4 Å². The zero-order valence-electron chi connectivity index (χ0n) is 17.8. The van der Waals surface area contributed by atoms with Crippen LogP contribution >= 0.6 is 0 Å². The highest BCUT2D eigenvalue weighted by Crippen LogP contribution is 2.26. The van der Waals surface area contributed by atoms with Crippen LogP contribution in [0.2, 0.25) is 0 Å². The molecule has 6 nitrogen and oxygen atoms in total. The van der Waals surface area contributed by atoms with E-state index in [1.807, 2.05) is 80.6 Å². The van der Waals surface area contributed by atoms with Crippen molar-refractivity contribution in [3.8, 4) is 23.0 Å². The summed E-state index contributed by atoms with van der Waals surface area (Å²) in [4.78, 5) is 17.1. The van der Waals surface area contributed by atoms with Crippen LogP contribution in [0.3, 0.4) is 0 Å². The average molecular weight is 419 g/mol. The number of pyridine rings is 1. The number of hydrogen-bond donors (Lipinski definition) is 1. The SMILES string of the molecule is Cc1cccc(C)c1NC(=O)/C(C#N)=C\c1cn(-c2ccccc2)nc1-c1cccnc1. The molecule has 0 saturated carbocycles. The second-order valence-electron chi connectivity index (χ2n) is 7.35. The quantitative estimate of drug-likeness (QED) is 0.360. The number of aromatic nitrogens is 3. The molecular weight excluding hydrogens is 398 g/mol. The van der Waals surface area contributed by atoms with Crippen molar-refractivity contribution >= 4 is 17.7 Å². The Morgan fingerprint density at radius 3 is 2.44 bits per heavy atom. The Morgan fingerprint density at radius 2 is 1.78 bits per heavy atom. The highest BCUT2D eigenvalue weighted by atomic mass is 16.1. The van der Waals surface area contributed by atoms with Gasteiger partial charge in [0.1, 0.15) is 17.3 Å². The summed E-state index contributed by atoms with van der Waals surface area (Å²) < 4.78 is 1.73. The zero-order chi connectivity index (χ0) is 22.5. The molecule has 6 heteroatoms. The third kappa shape index (κ3) is 4.32. The number of nitriles is 1. The predicted molar refractivity (Wildman–Crippen MR) is 125 cm³/mol. The summed E-state index contributed by atoms with van der Waals surface area (Å²) in [6.07, 6.45) is 6.77. The number of aryl methyl sites for hydroxylation is 2. The van der Waals surface area contributed by atoms with E-state index in [2.05, 4.69) is 10.3 Å². The number of carbonyl (C=O) groups is 1. The number of para-hydroxylation sites is 2. The maximum Gasteiger partial charge on any atom is 0.266 e. The summed E-state index contributed by atoms with van der Waals surface area (Å²) in [5, 5.41) is 17.3. The van der Waals surface area contributed by atoms with Gasteiger partial charge >= 0.3 is 0 Å². The van der Waals surface area contributed by atoms with Crippen molar-refractivity contribution < 1.29 is 4.79 Å². The molecule has 1 amide bonds. The third-order valence-corrected chi connectivity index (χ3v) is 5.08. The van der Waals surface area contributed by atoms with Crippen LogP contribution in [0.4, 0.5) is 5.69 Å². The molecular formula is C26H21N5O. The van der Waals surface area contributed by atoms with E-state index in [0.717, 1.165) is 22.4 Å². The van der Waals surface area contributed by atoms with Gasteiger partial charge in [0.05, 0.1) is 5.69 Å². The monoisotopic (exact) mass is 419 g/mol. The van der Waals surface area contributed by atoms with Crippen LogP contribution in [0.15, 0.2) is 84.8 Å². The van der Waals surface area contributed by atoms with Crippen LogP contribution in [-0.4, -0.2) is 20.7 Å². The summed E-state index contributed by atoms with van der Waals surface area (Å²) in [7, 11) is 0. The highest BCUT2D eigenvalue weighted by molar-refractivity contribution is 6.10. The molecule has 0 saturated heterocycles. The number of amides is 1. The number of hydrogen-bond acceptors (Lipinski definition) is 4. The minimum atomic E-state index is -0.463. The van der Waals surface area contributed by atoms with E-state index >= 15 is 0 Å². The molecule has 0 aliphatic heterocycles. The molecule has 0 unspecified atom stereocenters. The fourth-order valence-corrected chi connectivity index (χ4v) is 3.43. The van der Waals surface area contributed by atoms with Gasteiger partial charge in [0.2, 0.25) is 0 Å². The summed E-state index contributed by atoms with van der Waals surface area (Å²) in [5.41, 5.74) is 5.52. The first-order valence-electron chi connectivity index (χ1n) is 10.1. The lowest BCUT2D eigenvalue weighted by atomic mass is 10.1. The second-order valence-corrected chi connectivity index (χ2v) is 7.35. The van der Waals surface area contributed by atoms with E-state index in [1.54, 1.807) is 29.3 Å². The number of rotatable bonds is 5. The molecule has 4 aromatic rings. The number of anilines is 1. The van der Waals surface area contributed by atoms with Crippen molar-refractivity contribution in [3.05, 3.63) is 102 Å². The largest absolute Gasteiger partial charge is 0.321 e. The summed E-state index contributed by atoms with van der Waals surface area (Å²) in [6, 6.07) is 21.2. The lowest BCUT2D eigenvalue weighted by Crippen LogP contribution is -2.15. The maximum absolute atomic E-state index is 12.9. The number of nitrogens with zero attached hydrogens (tertiary/aromatic N) is 4. The van der Waals surface area contributed by atoms with E-state index in [9.17, 15) is 10.1 Å². The molecule has 0 aliphatic rings. The molecule has 0 atom stereocenters. The van der Waals surface area contributed by atoms with Gasteiger partial charge < -0.3 is 5.32 Å². The van der Waals surface area contributed by atoms with Crippen molar-refractivity contribution in [3.63, 3.8) is 0 Å². The van der Waals surface area contributed by atoms with Crippen LogP contribution in [0.5, 0.6) is 0 Å². The number of carbonyl (C=O) groups excluding carboxylic acids is 1. The van der Waals surface area contributed by atoms with E-state index < -0.39 is 5.91 Å². The van der Waals surface area contributed by atoms with Gasteiger partial charge in [0.15, 0.2) is 0 Å². The standard InChI is InChI=1S/C26H21N5O/c1-18-8-6-9-19(2)24(18)29-26(32)21(15-27)14-22-17-31(23-11-4-3-5-12-23)30-25(22)20-10-7-13-28-16-20/h3-14,16-17H,1-2H3,(H,29,32)/b21-14-. The summed E-state index contributed by atoms with van der Waals surface area (Å²) in [5.74, 6) is -0.463. The third-order valence-electron chi connectivity index (χ3n) is 5.08. The normalized spacial score (nSPS) is 11.1. The molecule has 2 heterocycles. The Hall–Kier alpha value is -4.50. The van der Waals surface area contributed by atoms with E-state index in [0.29, 0.717) is 16.9 Å². The van der Waals surface area contributed by atoms with Crippen molar-refractivity contribution in [2.45, 2.75) is 13.8 Å². The van der Waals surface area contributed by atoms with Crippen LogP contribution in [-0.2, 0) is 4.79 Å². The molecule has 2 aromatic heterocycles. The van der Waals surface area contributed by atoms with Crippen LogP contribution in [0, 0.1) is 25.2 Å². The molecule has 0 bridgehead atoms. The van der Waals surface area contributed by atoms with Crippen LogP contribution < -0.4 is 5.32 Å². The molecule has 0 spiro atoms. The predicted octanol–water partition coefficient (Wildman–Crippen LogP) is 5.10. The minimum Gasteiger partial charge on any atom is -0.321 e. The van der Waals surface area contributed by atoms with E-state index in [1.165, 1.54) is 0 Å². The van der Waals surface area contributed by atoms with E-state index in [-0.39, 0.29) is 5.57 Å². The zero-order valence-corrected chi connectivity index (χ0v) is 17.8. The van der Waals surface area contributed by atoms with Crippen molar-refractivity contribution in [1.82, 2.24) is 14.8 Å². The van der Waals surface area contributed by atoms with Crippen LogP contribution in [0.1, 0.15) is 16.7 Å². The van der Waals surface area contributed by atoms with Gasteiger partial charge in [-0.15, -0.1) is 0 Å². The molecule has 156 valence electrons. The Morgan fingerprint density at radius 1 is 1.03 bits per heavy atom. The van der Waals surface area contributed by atoms with Crippen molar-refractivity contribution in [2.75, 3.05) is 5.32 Å². The van der Waals surface area contributed by atoms with Gasteiger partial charge in [-0.25, -0.2) is 4.68 Å². The fraction of sp³-hybridized carbons (Fsp3) is 0.0769. The highest BCUT2D eigenvalue weighted by Gasteiger charge is 2.16. The van der Waals surface area contributed by atoms with Crippen LogP contribution in [0.25, 0.3) is 23.0 Å². The number of nitrogens with one attached hydrogen (secondary N) is 1. The molecule has 0 aliphatic carbocycles. The molecule has 2 aromatic carbocycles. The maximum atomic E-state index is 12.9. The summed E-state index contributed by atoms with van der Waals surface area (Å²) >= 11 is 0. The first-order valence-corrected chi connectivity index (χ1v) is 10.1. The average Bonchev–Trinajstić information content (AvgIpc) is 3.25. The number of benzene rings is 2. The van der Waals surface area contributed by atoms with E-state index in [4.69, 9.17) is 5.10 Å². The molecule has 1 N–H and O–H groups in total. The van der Waals surface area contributed by atoms with Gasteiger partial charge in [-0.1, -0.05) is 36.4 Å². The van der Waals surface area contributed by atoms with Crippen molar-refractivity contribution in [2.24, 2.45) is 0 Å². The molecule has 0 radical (unpaired) electrons. The fourth-order valence-electron chi connectivity index (χ4n) is 3.43. The molecule has 32 heavy (non-hydrogen) atoms. The Labute approximate surface area is 186 Å². The van der Waals surface area contributed by atoms with Gasteiger partial charge in [-0.2, -0.15) is 10.4 Å². The Kier molecular flexibility index (Phi) is 5.91. The van der Waals surface area contributed by atoms with Gasteiger partial charge in [0.25, 0.3) is 5.91 Å². The van der Waals surface area contributed by atoms with Gasteiger partial charge in [-0.05, 0) is 55.3 Å². The Balaban J connectivity index is 1.76. The van der Waals surface area contributed by atoms with Gasteiger partial charge in [-0.3, -0.25) is 9.78 Å². The molecule has 4 rings (SSSR count). The summed E-state index contributed by atoms with van der Waals surface area (Å²) in [6.45, 7) is 3.84. The first-order chi connectivity index (χ1) is 15.6. The minimum absolute atomic E-state index is 0.00888. The smallest absolute Gasteiger partial charge is 0.266 e. The topological polar surface area (TPSA) is 83.6 Å². The lowest BCUT2D eigenvalue weighted by Gasteiger charge is -2.10. The Bertz CT molecular complexity index is 1310. The van der Waals surface area contributed by atoms with Crippen molar-refractivity contribution in [1.29, 1.82) is 5.26 Å². The first kappa shape index (κ1) is 20.8. The lowest BCUT2D eigenvalue weighted by molar-refractivity contribution is -0.112. The second kappa shape index (κ2) is 9.11.